The molecule has 138 valence electrons. The zero-order valence-electron chi connectivity index (χ0n) is 13.6. The quantitative estimate of drug-likeness (QED) is 0.748. The van der Waals surface area contributed by atoms with E-state index in [1.807, 2.05) is 0 Å². The third kappa shape index (κ3) is 4.27. The summed E-state index contributed by atoms with van der Waals surface area (Å²) >= 11 is 11.9. The van der Waals surface area contributed by atoms with Crippen molar-refractivity contribution in [3.63, 3.8) is 0 Å². The fraction of sp³-hybridized carbons (Fsp3) is 0.125. The van der Waals surface area contributed by atoms with Gasteiger partial charge in [-0.1, -0.05) is 23.2 Å². The summed E-state index contributed by atoms with van der Waals surface area (Å²) in [6, 6.07) is 7.63. The Morgan fingerprint density at radius 1 is 0.923 bits per heavy atom. The number of sulfonamides is 1. The first-order valence-electron chi connectivity index (χ1n) is 6.98. The molecule has 2 rings (SSSR count). The molecular weight excluding hydrogens is 405 g/mol. The zero-order valence-corrected chi connectivity index (χ0v) is 15.9. The van der Waals surface area contributed by atoms with Crippen molar-refractivity contribution in [2.75, 3.05) is 18.9 Å². The van der Waals surface area contributed by atoms with Crippen LogP contribution >= 0.6 is 23.2 Å². The molecule has 2 aromatic carbocycles. The predicted molar refractivity (Wildman–Crippen MR) is 96.4 cm³/mol. The third-order valence-electron chi connectivity index (χ3n) is 3.27. The van der Waals surface area contributed by atoms with Gasteiger partial charge in [0.05, 0.1) is 35.4 Å². The molecule has 0 saturated carbocycles. The zero-order chi connectivity index (χ0) is 19.5. The standard InChI is InChI=1S/C16H13Cl2NO6S/c1-24-15(20)9-3-5-13(18)14(7-9)26(22,23)19-10-4-6-12(17)11(8-10)16(21)25-2/h3-8,19H,1-2H3. The number of anilines is 1. The number of nitrogens with one attached hydrogen (secondary N) is 1. The Bertz CT molecular complexity index is 975. The van der Waals surface area contributed by atoms with Crippen molar-refractivity contribution < 1.29 is 27.5 Å². The summed E-state index contributed by atoms with van der Waals surface area (Å²) in [7, 11) is -1.81. The maximum absolute atomic E-state index is 12.6. The Hall–Kier alpha value is -2.29. The van der Waals surface area contributed by atoms with Crippen LogP contribution in [0.3, 0.4) is 0 Å². The van der Waals surface area contributed by atoms with Gasteiger partial charge in [-0.25, -0.2) is 18.0 Å². The molecule has 2 aromatic rings. The molecule has 0 radical (unpaired) electrons. The molecule has 0 amide bonds. The first-order valence-corrected chi connectivity index (χ1v) is 9.22. The van der Waals surface area contributed by atoms with Gasteiger partial charge in [-0.3, -0.25) is 4.72 Å². The molecule has 0 aliphatic rings. The highest BCUT2D eigenvalue weighted by Gasteiger charge is 2.22. The Morgan fingerprint density at radius 2 is 1.54 bits per heavy atom. The smallest absolute Gasteiger partial charge is 0.339 e. The normalized spacial score (nSPS) is 10.9. The number of halogens is 2. The van der Waals surface area contributed by atoms with E-state index in [-0.39, 0.29) is 31.8 Å². The molecule has 0 aliphatic carbocycles. The van der Waals surface area contributed by atoms with Crippen LogP contribution in [0, 0.1) is 0 Å². The summed E-state index contributed by atoms with van der Waals surface area (Å²) in [5.41, 5.74) is 0.0711. The molecule has 1 N–H and O–H groups in total. The van der Waals surface area contributed by atoms with Gasteiger partial charge in [-0.2, -0.15) is 0 Å². The number of hydrogen-bond acceptors (Lipinski definition) is 6. The Kier molecular flexibility index (Phi) is 6.12. The van der Waals surface area contributed by atoms with Crippen LogP contribution in [0.15, 0.2) is 41.3 Å². The fourth-order valence-corrected chi connectivity index (χ4v) is 3.79. The minimum absolute atomic E-state index is 0.0104. The summed E-state index contributed by atoms with van der Waals surface area (Å²) in [5, 5.41) is 0.0119. The molecule has 0 saturated heterocycles. The van der Waals surface area contributed by atoms with Gasteiger partial charge in [0.25, 0.3) is 10.0 Å². The Morgan fingerprint density at radius 3 is 2.15 bits per heavy atom. The number of carbonyl (C=O) groups excluding carboxylic acids is 2. The topological polar surface area (TPSA) is 98.8 Å². The van der Waals surface area contributed by atoms with Gasteiger partial charge in [0.1, 0.15) is 4.90 Å². The second kappa shape index (κ2) is 7.94. The summed E-state index contributed by atoms with van der Waals surface area (Å²) < 4.78 is 36.7. The predicted octanol–water partition coefficient (Wildman–Crippen LogP) is 3.37. The average molecular weight is 418 g/mol. The van der Waals surface area contributed by atoms with Crippen LogP contribution in [0.5, 0.6) is 0 Å². The minimum atomic E-state index is -4.16. The Labute approximate surface area is 159 Å². The lowest BCUT2D eigenvalue weighted by atomic mass is 10.2. The second-order valence-electron chi connectivity index (χ2n) is 4.93. The van der Waals surface area contributed by atoms with E-state index >= 15 is 0 Å². The van der Waals surface area contributed by atoms with Crippen molar-refractivity contribution in [3.8, 4) is 0 Å². The van der Waals surface area contributed by atoms with Crippen molar-refractivity contribution in [3.05, 3.63) is 57.6 Å². The molecule has 0 bridgehead atoms. The lowest BCUT2D eigenvalue weighted by Crippen LogP contribution is -2.15. The molecule has 7 nitrogen and oxygen atoms in total. The van der Waals surface area contributed by atoms with Crippen LogP contribution in [-0.4, -0.2) is 34.6 Å². The van der Waals surface area contributed by atoms with Crippen molar-refractivity contribution >= 4 is 50.9 Å². The maximum atomic E-state index is 12.6. The highest BCUT2D eigenvalue weighted by molar-refractivity contribution is 7.92. The highest BCUT2D eigenvalue weighted by Crippen LogP contribution is 2.27. The third-order valence-corrected chi connectivity index (χ3v) is 5.46. The monoisotopic (exact) mass is 417 g/mol. The van der Waals surface area contributed by atoms with E-state index in [0.717, 1.165) is 6.07 Å². The van der Waals surface area contributed by atoms with E-state index in [1.54, 1.807) is 0 Å². The lowest BCUT2D eigenvalue weighted by molar-refractivity contribution is 0.0592. The molecule has 0 fully saturated rings. The van der Waals surface area contributed by atoms with E-state index < -0.39 is 22.0 Å². The number of rotatable bonds is 5. The van der Waals surface area contributed by atoms with Gasteiger partial charge in [0.15, 0.2) is 0 Å². The summed E-state index contributed by atoms with van der Waals surface area (Å²) in [6.45, 7) is 0. The number of esters is 2. The molecule has 0 heterocycles. The highest BCUT2D eigenvalue weighted by atomic mass is 35.5. The summed E-state index contributed by atoms with van der Waals surface area (Å²) in [5.74, 6) is -1.43. The first kappa shape index (κ1) is 20.0. The van der Waals surface area contributed by atoms with Crippen LogP contribution in [0.2, 0.25) is 10.0 Å². The van der Waals surface area contributed by atoms with Gasteiger partial charge in [0, 0.05) is 5.69 Å². The molecule has 0 aromatic heterocycles. The summed E-state index contributed by atoms with van der Waals surface area (Å²) in [6.07, 6.45) is 0. The van der Waals surface area contributed by atoms with Crippen molar-refractivity contribution in [1.29, 1.82) is 0 Å². The number of ether oxygens (including phenoxy) is 2. The molecule has 0 spiro atoms. The largest absolute Gasteiger partial charge is 0.465 e. The number of methoxy groups -OCH3 is 2. The van der Waals surface area contributed by atoms with E-state index in [0.29, 0.717) is 0 Å². The van der Waals surface area contributed by atoms with Gasteiger partial charge in [-0.05, 0) is 36.4 Å². The molecule has 10 heteroatoms. The van der Waals surface area contributed by atoms with Gasteiger partial charge in [-0.15, -0.1) is 0 Å². The number of carbonyl (C=O) groups is 2. The second-order valence-corrected chi connectivity index (χ2v) is 7.39. The van der Waals surface area contributed by atoms with Crippen LogP contribution in [0.1, 0.15) is 20.7 Å². The SMILES string of the molecule is COC(=O)c1ccc(Cl)c(S(=O)(=O)Nc2ccc(Cl)c(C(=O)OC)c2)c1. The minimum Gasteiger partial charge on any atom is -0.465 e. The van der Waals surface area contributed by atoms with E-state index in [2.05, 4.69) is 14.2 Å². The van der Waals surface area contributed by atoms with E-state index in [1.165, 1.54) is 44.6 Å². The molecule has 0 aliphatic heterocycles. The van der Waals surface area contributed by atoms with Crippen LogP contribution in [0.4, 0.5) is 5.69 Å². The van der Waals surface area contributed by atoms with Crippen LogP contribution in [-0.2, 0) is 19.5 Å². The molecule has 0 unspecified atom stereocenters. The van der Waals surface area contributed by atoms with Gasteiger partial charge in [0.2, 0.25) is 0 Å². The number of benzene rings is 2. The number of hydrogen-bond donors (Lipinski definition) is 1. The van der Waals surface area contributed by atoms with E-state index in [9.17, 15) is 18.0 Å². The lowest BCUT2D eigenvalue weighted by Gasteiger charge is -2.12. The van der Waals surface area contributed by atoms with Crippen LogP contribution in [0.25, 0.3) is 0 Å². The van der Waals surface area contributed by atoms with Crippen LogP contribution < -0.4 is 4.72 Å². The van der Waals surface area contributed by atoms with E-state index in [4.69, 9.17) is 23.2 Å². The summed E-state index contributed by atoms with van der Waals surface area (Å²) in [4.78, 5) is 23.0. The van der Waals surface area contributed by atoms with Crippen molar-refractivity contribution in [2.24, 2.45) is 0 Å². The fourth-order valence-electron chi connectivity index (χ4n) is 2.02. The average Bonchev–Trinajstić information content (AvgIpc) is 2.62. The first-order chi connectivity index (χ1) is 12.2. The van der Waals surface area contributed by atoms with Crippen molar-refractivity contribution in [1.82, 2.24) is 0 Å². The maximum Gasteiger partial charge on any atom is 0.339 e. The molecule has 0 atom stereocenters. The van der Waals surface area contributed by atoms with Crippen molar-refractivity contribution in [2.45, 2.75) is 4.90 Å². The van der Waals surface area contributed by atoms with Gasteiger partial charge >= 0.3 is 11.9 Å². The molecule has 26 heavy (non-hydrogen) atoms. The molecular formula is C16H13Cl2NO6S. The Balaban J connectivity index is 2.44. The van der Waals surface area contributed by atoms with Gasteiger partial charge < -0.3 is 9.47 Å².